The van der Waals surface area contributed by atoms with Crippen LogP contribution in [0.3, 0.4) is 0 Å². The van der Waals surface area contributed by atoms with Gasteiger partial charge in [0.05, 0.1) is 22.8 Å². The van der Waals surface area contributed by atoms with Crippen molar-refractivity contribution in [1.82, 2.24) is 4.98 Å². The third-order valence-corrected chi connectivity index (χ3v) is 3.37. The van der Waals surface area contributed by atoms with E-state index < -0.39 is 0 Å². The maximum absolute atomic E-state index is 12.4. The quantitative estimate of drug-likeness (QED) is 0.782. The van der Waals surface area contributed by atoms with E-state index in [-0.39, 0.29) is 5.91 Å². The molecular weight excluding hydrogens is 274 g/mol. The molecule has 22 heavy (non-hydrogen) atoms. The zero-order valence-electron chi connectivity index (χ0n) is 12.0. The van der Waals surface area contributed by atoms with E-state index in [0.29, 0.717) is 16.8 Å². The summed E-state index contributed by atoms with van der Waals surface area (Å²) in [4.78, 5) is 16.8. The van der Waals surface area contributed by atoms with Crippen LogP contribution in [0.5, 0.6) is 0 Å². The first-order valence-corrected chi connectivity index (χ1v) is 6.85. The zero-order valence-corrected chi connectivity index (χ0v) is 12.0. The van der Waals surface area contributed by atoms with Gasteiger partial charge in [-0.05, 0) is 49.4 Å². The number of hydrogen-bond acceptors (Lipinski definition) is 3. The lowest BCUT2D eigenvalue weighted by atomic mass is 10.1. The number of nitrogens with zero attached hydrogens (tertiary/aromatic N) is 2. The first-order valence-electron chi connectivity index (χ1n) is 6.85. The van der Waals surface area contributed by atoms with Crippen molar-refractivity contribution in [3.05, 3.63) is 71.4 Å². The summed E-state index contributed by atoms with van der Waals surface area (Å²) in [6.45, 7) is 1.93. The van der Waals surface area contributed by atoms with E-state index in [0.717, 1.165) is 16.6 Å². The molecule has 0 fully saturated rings. The molecule has 1 aromatic heterocycles. The van der Waals surface area contributed by atoms with Crippen molar-refractivity contribution in [2.75, 3.05) is 5.32 Å². The van der Waals surface area contributed by atoms with E-state index in [2.05, 4.69) is 10.3 Å². The predicted octanol–water partition coefficient (Wildman–Crippen LogP) is 3.67. The van der Waals surface area contributed by atoms with Gasteiger partial charge in [-0.1, -0.05) is 12.1 Å². The summed E-state index contributed by atoms with van der Waals surface area (Å²) in [5.41, 5.74) is 3.39. The van der Waals surface area contributed by atoms with E-state index in [9.17, 15) is 4.79 Å². The van der Waals surface area contributed by atoms with Crippen LogP contribution in [0, 0.1) is 18.3 Å². The third-order valence-electron chi connectivity index (χ3n) is 3.37. The van der Waals surface area contributed by atoms with E-state index in [1.807, 2.05) is 43.3 Å². The normalized spacial score (nSPS) is 10.2. The number of aryl methyl sites for hydroxylation is 1. The summed E-state index contributed by atoms with van der Waals surface area (Å²) >= 11 is 0. The third kappa shape index (κ3) is 2.65. The molecule has 0 bridgehead atoms. The standard InChI is InChI=1S/C18H13N3O/c1-12-8-9-15-16(20-12)6-3-7-17(15)21-18(22)14-5-2-4-13(10-14)11-19/h2-10H,1H3,(H,21,22). The number of aromatic nitrogens is 1. The van der Waals surface area contributed by atoms with Gasteiger partial charge < -0.3 is 5.32 Å². The first kappa shape index (κ1) is 13.8. The van der Waals surface area contributed by atoms with Crippen LogP contribution in [0.1, 0.15) is 21.6 Å². The Bertz CT molecular complexity index is 910. The number of carbonyl (C=O) groups is 1. The number of nitriles is 1. The molecule has 4 nitrogen and oxygen atoms in total. The van der Waals surface area contributed by atoms with Gasteiger partial charge in [-0.2, -0.15) is 5.26 Å². The highest BCUT2D eigenvalue weighted by molar-refractivity contribution is 6.08. The number of carbonyl (C=O) groups excluding carboxylic acids is 1. The second-order valence-electron chi connectivity index (χ2n) is 4.97. The minimum absolute atomic E-state index is 0.245. The zero-order chi connectivity index (χ0) is 15.5. The molecule has 1 N–H and O–H groups in total. The van der Waals surface area contributed by atoms with E-state index in [4.69, 9.17) is 5.26 Å². The first-order chi connectivity index (χ1) is 10.7. The minimum Gasteiger partial charge on any atom is -0.321 e. The van der Waals surface area contributed by atoms with Crippen LogP contribution in [0.25, 0.3) is 10.9 Å². The molecule has 0 aliphatic heterocycles. The molecule has 3 rings (SSSR count). The van der Waals surface area contributed by atoms with E-state index in [1.54, 1.807) is 24.3 Å². The molecule has 106 valence electrons. The molecule has 3 aromatic rings. The Kier molecular flexibility index (Phi) is 3.55. The average molecular weight is 287 g/mol. The smallest absolute Gasteiger partial charge is 0.255 e. The summed E-state index contributed by atoms with van der Waals surface area (Å²) in [6, 6.07) is 18.1. The number of nitrogens with one attached hydrogen (secondary N) is 1. The molecule has 0 unspecified atom stereocenters. The molecular formula is C18H13N3O. The van der Waals surface area contributed by atoms with Crippen LogP contribution in [0.4, 0.5) is 5.69 Å². The van der Waals surface area contributed by atoms with Gasteiger partial charge in [-0.25, -0.2) is 0 Å². The molecule has 4 heteroatoms. The van der Waals surface area contributed by atoms with Crippen LogP contribution in [-0.4, -0.2) is 10.9 Å². The van der Waals surface area contributed by atoms with Gasteiger partial charge in [0.15, 0.2) is 0 Å². The Hall–Kier alpha value is -3.19. The fourth-order valence-corrected chi connectivity index (χ4v) is 2.29. The maximum atomic E-state index is 12.4. The fraction of sp³-hybridized carbons (Fsp3) is 0.0556. The molecule has 0 atom stereocenters. The molecule has 2 aromatic carbocycles. The van der Waals surface area contributed by atoms with Crippen molar-refractivity contribution in [3.8, 4) is 6.07 Å². The Morgan fingerprint density at radius 2 is 1.95 bits per heavy atom. The monoisotopic (exact) mass is 287 g/mol. The molecule has 0 saturated heterocycles. The number of hydrogen-bond donors (Lipinski definition) is 1. The SMILES string of the molecule is Cc1ccc2c(NC(=O)c3cccc(C#N)c3)cccc2n1. The molecule has 0 aliphatic rings. The van der Waals surface area contributed by atoms with Gasteiger partial charge in [0.1, 0.15) is 0 Å². The lowest BCUT2D eigenvalue weighted by Crippen LogP contribution is -2.12. The van der Waals surface area contributed by atoms with E-state index >= 15 is 0 Å². The minimum atomic E-state index is -0.245. The maximum Gasteiger partial charge on any atom is 0.255 e. The summed E-state index contributed by atoms with van der Waals surface area (Å²) in [7, 11) is 0. The highest BCUT2D eigenvalue weighted by Crippen LogP contribution is 2.23. The van der Waals surface area contributed by atoms with Crippen molar-refractivity contribution in [3.63, 3.8) is 0 Å². The second-order valence-corrected chi connectivity index (χ2v) is 4.97. The summed E-state index contributed by atoms with van der Waals surface area (Å²) in [6.07, 6.45) is 0. The van der Waals surface area contributed by atoms with Gasteiger partial charge in [-0.3, -0.25) is 9.78 Å². The average Bonchev–Trinajstić information content (AvgIpc) is 2.54. The van der Waals surface area contributed by atoms with Crippen LogP contribution >= 0.6 is 0 Å². The van der Waals surface area contributed by atoms with Gasteiger partial charge >= 0.3 is 0 Å². The Balaban J connectivity index is 1.96. The van der Waals surface area contributed by atoms with Crippen LogP contribution in [0.15, 0.2) is 54.6 Å². The number of benzene rings is 2. The number of rotatable bonds is 2. The summed E-state index contributed by atoms with van der Waals surface area (Å²) in [5, 5.41) is 12.7. The number of amides is 1. The fourth-order valence-electron chi connectivity index (χ4n) is 2.29. The highest BCUT2D eigenvalue weighted by Gasteiger charge is 2.09. The van der Waals surface area contributed by atoms with Crippen molar-refractivity contribution in [1.29, 1.82) is 5.26 Å². The lowest BCUT2D eigenvalue weighted by molar-refractivity contribution is 0.102. The van der Waals surface area contributed by atoms with Gasteiger partial charge in [0, 0.05) is 16.6 Å². The van der Waals surface area contributed by atoms with Crippen LogP contribution in [-0.2, 0) is 0 Å². The molecule has 0 spiro atoms. The molecule has 0 radical (unpaired) electrons. The lowest BCUT2D eigenvalue weighted by Gasteiger charge is -2.09. The molecule has 1 heterocycles. The van der Waals surface area contributed by atoms with Gasteiger partial charge in [0.2, 0.25) is 0 Å². The second kappa shape index (κ2) is 5.66. The number of fused-ring (bicyclic) bond motifs is 1. The van der Waals surface area contributed by atoms with Crippen LogP contribution in [0.2, 0.25) is 0 Å². The Labute approximate surface area is 128 Å². The van der Waals surface area contributed by atoms with Gasteiger partial charge in [0.25, 0.3) is 5.91 Å². The number of anilines is 1. The summed E-state index contributed by atoms with van der Waals surface area (Å²) < 4.78 is 0. The van der Waals surface area contributed by atoms with Gasteiger partial charge in [-0.15, -0.1) is 0 Å². The molecule has 1 amide bonds. The Morgan fingerprint density at radius 1 is 1.14 bits per heavy atom. The van der Waals surface area contributed by atoms with Crippen molar-refractivity contribution < 1.29 is 4.79 Å². The molecule has 0 saturated carbocycles. The van der Waals surface area contributed by atoms with Crippen molar-refractivity contribution in [2.45, 2.75) is 6.92 Å². The number of pyridine rings is 1. The van der Waals surface area contributed by atoms with E-state index in [1.165, 1.54) is 0 Å². The largest absolute Gasteiger partial charge is 0.321 e. The topological polar surface area (TPSA) is 65.8 Å². The highest BCUT2D eigenvalue weighted by atomic mass is 16.1. The summed E-state index contributed by atoms with van der Waals surface area (Å²) in [5.74, 6) is -0.245. The van der Waals surface area contributed by atoms with Crippen molar-refractivity contribution in [2.24, 2.45) is 0 Å². The van der Waals surface area contributed by atoms with Crippen molar-refractivity contribution >= 4 is 22.5 Å². The predicted molar refractivity (Wildman–Crippen MR) is 85.6 cm³/mol. The van der Waals surface area contributed by atoms with Crippen LogP contribution < -0.4 is 5.32 Å². The Morgan fingerprint density at radius 3 is 2.77 bits per heavy atom. The molecule has 0 aliphatic carbocycles.